The summed E-state index contributed by atoms with van der Waals surface area (Å²) in [6.45, 7) is 1.26. The maximum Gasteiger partial charge on any atom is 0.257 e. The number of hydrogen-bond donors (Lipinski definition) is 2. The van der Waals surface area contributed by atoms with Gasteiger partial charge in [-0.1, -0.05) is 48.5 Å². The van der Waals surface area contributed by atoms with Crippen molar-refractivity contribution in [2.24, 2.45) is 0 Å². The van der Waals surface area contributed by atoms with Crippen LogP contribution in [0.4, 0.5) is 5.95 Å². The van der Waals surface area contributed by atoms with Gasteiger partial charge in [0.1, 0.15) is 0 Å². The van der Waals surface area contributed by atoms with Gasteiger partial charge in [0.05, 0.1) is 5.56 Å². The van der Waals surface area contributed by atoms with Crippen molar-refractivity contribution in [1.82, 2.24) is 19.9 Å². The van der Waals surface area contributed by atoms with E-state index in [-0.39, 0.29) is 5.91 Å². The minimum atomic E-state index is -0.0980. The maximum absolute atomic E-state index is 12.6. The van der Waals surface area contributed by atoms with Crippen LogP contribution in [-0.2, 0) is 13.0 Å². The molecule has 0 radical (unpaired) electrons. The quantitative estimate of drug-likeness (QED) is 0.506. The van der Waals surface area contributed by atoms with Crippen LogP contribution in [0, 0.1) is 0 Å². The normalized spacial score (nSPS) is 10.8. The van der Waals surface area contributed by atoms with Crippen molar-refractivity contribution >= 4 is 22.8 Å². The summed E-state index contributed by atoms with van der Waals surface area (Å²) in [4.78, 5) is 26.1. The molecule has 0 aliphatic rings. The summed E-state index contributed by atoms with van der Waals surface area (Å²) in [5.41, 5.74) is 3.95. The Labute approximate surface area is 169 Å². The standard InChI is InChI=1S/C23H23N5O/c1-28(16-17-7-3-2-4-8-17)22(29)19-14-26-23(27-15-19)24-12-11-18-13-25-21-10-6-5-9-20(18)21/h2-10,13-15,25H,11-12,16H2,1H3,(H,24,26,27). The number of aromatic nitrogens is 3. The number of carbonyl (C=O) groups excluding carboxylic acids is 1. The van der Waals surface area contributed by atoms with Crippen molar-refractivity contribution in [2.75, 3.05) is 18.9 Å². The Morgan fingerprint density at radius 1 is 1.03 bits per heavy atom. The van der Waals surface area contributed by atoms with Gasteiger partial charge in [0.25, 0.3) is 5.91 Å². The molecule has 0 spiro atoms. The molecule has 0 atom stereocenters. The highest BCUT2D eigenvalue weighted by atomic mass is 16.2. The van der Waals surface area contributed by atoms with Gasteiger partial charge in [-0.2, -0.15) is 0 Å². The molecular weight excluding hydrogens is 362 g/mol. The Kier molecular flexibility index (Phi) is 5.52. The summed E-state index contributed by atoms with van der Waals surface area (Å²) >= 11 is 0. The second-order valence-corrected chi connectivity index (χ2v) is 6.98. The molecular formula is C23H23N5O. The third kappa shape index (κ3) is 4.43. The fourth-order valence-electron chi connectivity index (χ4n) is 3.33. The summed E-state index contributed by atoms with van der Waals surface area (Å²) < 4.78 is 0. The molecule has 0 saturated carbocycles. The van der Waals surface area contributed by atoms with E-state index in [1.165, 1.54) is 10.9 Å². The van der Waals surface area contributed by atoms with E-state index >= 15 is 0 Å². The SMILES string of the molecule is CN(Cc1ccccc1)C(=O)c1cnc(NCCc2c[nH]c3ccccc23)nc1. The van der Waals surface area contributed by atoms with Crippen LogP contribution in [0.5, 0.6) is 0 Å². The molecule has 2 aromatic carbocycles. The molecule has 0 fully saturated rings. The van der Waals surface area contributed by atoms with Crippen LogP contribution in [0.1, 0.15) is 21.5 Å². The fraction of sp³-hybridized carbons (Fsp3) is 0.174. The van der Waals surface area contributed by atoms with E-state index < -0.39 is 0 Å². The van der Waals surface area contributed by atoms with Crippen LogP contribution in [0.25, 0.3) is 10.9 Å². The third-order valence-electron chi connectivity index (χ3n) is 4.86. The van der Waals surface area contributed by atoms with Crippen LogP contribution in [-0.4, -0.2) is 39.4 Å². The first kappa shape index (κ1) is 18.7. The van der Waals surface area contributed by atoms with E-state index in [2.05, 4.69) is 32.4 Å². The van der Waals surface area contributed by atoms with Crippen LogP contribution in [0.3, 0.4) is 0 Å². The third-order valence-corrected chi connectivity index (χ3v) is 4.86. The lowest BCUT2D eigenvalue weighted by Gasteiger charge is -2.17. The van der Waals surface area contributed by atoms with Gasteiger partial charge in [0.15, 0.2) is 0 Å². The van der Waals surface area contributed by atoms with Gasteiger partial charge in [-0.05, 0) is 23.6 Å². The summed E-state index contributed by atoms with van der Waals surface area (Å²) in [6.07, 6.45) is 6.04. The highest BCUT2D eigenvalue weighted by Crippen LogP contribution is 2.18. The summed E-state index contributed by atoms with van der Waals surface area (Å²) in [6, 6.07) is 18.1. The number of benzene rings is 2. The number of hydrogen-bond acceptors (Lipinski definition) is 4. The molecule has 1 amide bonds. The van der Waals surface area contributed by atoms with Gasteiger partial charge in [-0.3, -0.25) is 4.79 Å². The number of para-hydroxylation sites is 1. The first-order chi connectivity index (χ1) is 14.2. The zero-order valence-corrected chi connectivity index (χ0v) is 16.3. The first-order valence-electron chi connectivity index (χ1n) is 9.61. The van der Waals surface area contributed by atoms with Crippen LogP contribution in [0.15, 0.2) is 73.2 Å². The molecule has 2 aromatic heterocycles. The topological polar surface area (TPSA) is 73.9 Å². The zero-order chi connectivity index (χ0) is 20.1. The smallest absolute Gasteiger partial charge is 0.257 e. The van der Waals surface area contributed by atoms with Gasteiger partial charge in [-0.15, -0.1) is 0 Å². The largest absolute Gasteiger partial charge is 0.361 e. The minimum Gasteiger partial charge on any atom is -0.361 e. The van der Waals surface area contributed by atoms with Crippen LogP contribution >= 0.6 is 0 Å². The second kappa shape index (κ2) is 8.56. The van der Waals surface area contributed by atoms with Crippen LogP contribution in [0.2, 0.25) is 0 Å². The van der Waals surface area contributed by atoms with Crippen molar-refractivity contribution in [3.05, 3.63) is 89.9 Å². The molecule has 0 saturated heterocycles. The number of fused-ring (bicyclic) bond motifs is 1. The van der Waals surface area contributed by atoms with Crippen molar-refractivity contribution in [1.29, 1.82) is 0 Å². The van der Waals surface area contributed by atoms with Crippen molar-refractivity contribution in [3.63, 3.8) is 0 Å². The van der Waals surface area contributed by atoms with E-state index in [4.69, 9.17) is 0 Å². The van der Waals surface area contributed by atoms with Gasteiger partial charge in [0.2, 0.25) is 5.95 Å². The van der Waals surface area contributed by atoms with Gasteiger partial charge >= 0.3 is 0 Å². The summed E-state index contributed by atoms with van der Waals surface area (Å²) in [5, 5.41) is 4.46. The second-order valence-electron chi connectivity index (χ2n) is 6.98. The van der Waals surface area contributed by atoms with E-state index in [1.54, 1.807) is 24.3 Å². The zero-order valence-electron chi connectivity index (χ0n) is 16.3. The van der Waals surface area contributed by atoms with Crippen LogP contribution < -0.4 is 5.32 Å². The number of rotatable bonds is 7. The molecule has 0 aliphatic carbocycles. The van der Waals surface area contributed by atoms with E-state index in [0.29, 0.717) is 24.6 Å². The van der Waals surface area contributed by atoms with E-state index in [0.717, 1.165) is 17.5 Å². The number of nitrogens with zero attached hydrogens (tertiary/aromatic N) is 3. The van der Waals surface area contributed by atoms with Gasteiger partial charge < -0.3 is 15.2 Å². The predicted octanol–water partition coefficient (Wildman–Crippen LogP) is 3.88. The Hall–Kier alpha value is -3.67. The predicted molar refractivity (Wildman–Crippen MR) is 115 cm³/mol. The van der Waals surface area contributed by atoms with Gasteiger partial charge in [0, 0.05) is 49.6 Å². The number of nitrogens with one attached hydrogen (secondary N) is 2. The fourth-order valence-corrected chi connectivity index (χ4v) is 3.33. The molecule has 6 heteroatoms. The average Bonchev–Trinajstić information content (AvgIpc) is 3.18. The van der Waals surface area contributed by atoms with Gasteiger partial charge in [-0.25, -0.2) is 9.97 Å². The van der Waals surface area contributed by atoms with Crippen molar-refractivity contribution < 1.29 is 4.79 Å². The van der Waals surface area contributed by atoms with Crippen molar-refractivity contribution in [3.8, 4) is 0 Å². The summed E-state index contributed by atoms with van der Waals surface area (Å²) in [7, 11) is 1.78. The van der Waals surface area contributed by atoms with Crippen molar-refractivity contribution in [2.45, 2.75) is 13.0 Å². The Morgan fingerprint density at radius 2 is 1.76 bits per heavy atom. The molecule has 0 unspecified atom stereocenters. The molecule has 146 valence electrons. The molecule has 4 aromatic rings. The number of anilines is 1. The monoisotopic (exact) mass is 385 g/mol. The van der Waals surface area contributed by atoms with E-state index in [9.17, 15) is 4.79 Å². The molecule has 2 N–H and O–H groups in total. The number of H-pyrrole nitrogens is 1. The highest BCUT2D eigenvalue weighted by Gasteiger charge is 2.13. The maximum atomic E-state index is 12.6. The molecule has 29 heavy (non-hydrogen) atoms. The first-order valence-corrected chi connectivity index (χ1v) is 9.61. The minimum absolute atomic E-state index is 0.0980. The Morgan fingerprint density at radius 3 is 2.55 bits per heavy atom. The molecule has 6 nitrogen and oxygen atoms in total. The van der Waals surface area contributed by atoms with E-state index in [1.807, 2.05) is 48.7 Å². The lowest BCUT2D eigenvalue weighted by atomic mass is 10.1. The number of aromatic amines is 1. The Bertz CT molecular complexity index is 1090. The highest BCUT2D eigenvalue weighted by molar-refractivity contribution is 5.93. The molecule has 2 heterocycles. The number of carbonyl (C=O) groups is 1. The lowest BCUT2D eigenvalue weighted by molar-refractivity contribution is 0.0784. The number of amides is 1. The molecule has 0 aliphatic heterocycles. The Balaban J connectivity index is 1.32. The average molecular weight is 385 g/mol. The summed E-state index contributed by atoms with van der Waals surface area (Å²) in [5.74, 6) is 0.422. The lowest BCUT2D eigenvalue weighted by Crippen LogP contribution is -2.26. The molecule has 4 rings (SSSR count). The molecule has 0 bridgehead atoms.